The van der Waals surface area contributed by atoms with Crippen molar-refractivity contribution in [1.29, 1.82) is 0 Å². The summed E-state index contributed by atoms with van der Waals surface area (Å²) < 4.78 is 1.99. The molecule has 4 heteroatoms. The van der Waals surface area contributed by atoms with Gasteiger partial charge in [0.25, 0.3) is 0 Å². The first-order valence-corrected chi connectivity index (χ1v) is 7.52. The van der Waals surface area contributed by atoms with E-state index in [1.165, 1.54) is 24.8 Å². The number of nitrogens with two attached hydrogens (primary N) is 1. The molecule has 0 saturated carbocycles. The Hall–Kier alpha value is -0.870. The predicted octanol–water partition coefficient (Wildman–Crippen LogP) is 2.41. The summed E-state index contributed by atoms with van der Waals surface area (Å²) >= 11 is 0. The van der Waals surface area contributed by atoms with E-state index in [4.69, 9.17) is 5.73 Å². The number of hydrogen-bond acceptors (Lipinski definition) is 3. The Kier molecular flexibility index (Phi) is 4.63. The van der Waals surface area contributed by atoms with E-state index in [2.05, 4.69) is 37.0 Å². The number of likely N-dealkylation sites (tertiary alicyclic amines) is 1. The van der Waals surface area contributed by atoms with Gasteiger partial charge in [-0.25, -0.2) is 0 Å². The Morgan fingerprint density at radius 1 is 1.37 bits per heavy atom. The van der Waals surface area contributed by atoms with Crippen LogP contribution in [0.15, 0.2) is 12.4 Å². The van der Waals surface area contributed by atoms with Gasteiger partial charge in [-0.15, -0.1) is 0 Å². The van der Waals surface area contributed by atoms with Crippen LogP contribution in [-0.2, 0) is 6.54 Å². The van der Waals surface area contributed by atoms with Crippen LogP contribution in [-0.4, -0.2) is 34.3 Å². The largest absolute Gasteiger partial charge is 0.329 e. The average molecular weight is 264 g/mol. The molecule has 1 aliphatic heterocycles. The monoisotopic (exact) mass is 264 g/mol. The zero-order valence-corrected chi connectivity index (χ0v) is 12.6. The molecule has 0 amide bonds. The first kappa shape index (κ1) is 14.5. The van der Waals surface area contributed by atoms with Crippen molar-refractivity contribution in [1.82, 2.24) is 14.7 Å². The van der Waals surface area contributed by atoms with Crippen molar-refractivity contribution in [3.63, 3.8) is 0 Å². The van der Waals surface area contributed by atoms with Gasteiger partial charge in [-0.3, -0.25) is 9.58 Å². The van der Waals surface area contributed by atoms with Crippen LogP contribution >= 0.6 is 0 Å². The Labute approximate surface area is 117 Å². The van der Waals surface area contributed by atoms with Gasteiger partial charge < -0.3 is 5.73 Å². The Bertz CT molecular complexity index is 397. The minimum Gasteiger partial charge on any atom is -0.329 e. The first-order chi connectivity index (χ1) is 9.05. The summed E-state index contributed by atoms with van der Waals surface area (Å²) in [5.74, 6) is 0. The van der Waals surface area contributed by atoms with Crippen LogP contribution in [0.3, 0.4) is 0 Å². The lowest BCUT2D eigenvalue weighted by Gasteiger charge is -2.29. The summed E-state index contributed by atoms with van der Waals surface area (Å²) in [5.41, 5.74) is 7.77. The fourth-order valence-electron chi connectivity index (χ4n) is 2.98. The molecule has 1 aromatic rings. The molecule has 1 unspecified atom stereocenters. The smallest absolute Gasteiger partial charge is 0.0538 e. The second-order valence-electron chi connectivity index (χ2n) is 6.43. The van der Waals surface area contributed by atoms with Crippen LogP contribution in [0, 0.1) is 5.41 Å². The van der Waals surface area contributed by atoms with Gasteiger partial charge in [-0.2, -0.15) is 5.10 Å². The molecule has 4 nitrogen and oxygen atoms in total. The summed E-state index contributed by atoms with van der Waals surface area (Å²) in [5, 5.41) is 4.38. The lowest BCUT2D eigenvalue weighted by atomic mass is 9.85. The summed E-state index contributed by atoms with van der Waals surface area (Å²) in [6.07, 6.45) is 7.97. The minimum absolute atomic E-state index is 0.328. The van der Waals surface area contributed by atoms with E-state index < -0.39 is 0 Å². The Morgan fingerprint density at radius 3 is 2.79 bits per heavy atom. The average Bonchev–Trinajstić information content (AvgIpc) is 2.77. The standard InChI is InChI=1S/C15H28N4/c1-4-19-12-13(11-17-19)14(10-16)18-8-5-6-15(2,3)7-9-18/h11-12,14H,4-10,16H2,1-3H3. The van der Waals surface area contributed by atoms with Crippen LogP contribution in [0.4, 0.5) is 0 Å². The number of rotatable bonds is 4. The van der Waals surface area contributed by atoms with Crippen LogP contribution in [0.2, 0.25) is 0 Å². The van der Waals surface area contributed by atoms with E-state index in [-0.39, 0.29) is 0 Å². The van der Waals surface area contributed by atoms with E-state index in [0.29, 0.717) is 18.0 Å². The Morgan fingerprint density at radius 2 is 2.16 bits per heavy atom. The highest BCUT2D eigenvalue weighted by atomic mass is 15.3. The number of nitrogens with zero attached hydrogens (tertiary/aromatic N) is 3. The van der Waals surface area contributed by atoms with E-state index in [0.717, 1.165) is 19.6 Å². The quantitative estimate of drug-likeness (QED) is 0.908. The third-order valence-electron chi connectivity index (χ3n) is 4.40. The van der Waals surface area contributed by atoms with Crippen molar-refractivity contribution < 1.29 is 0 Å². The van der Waals surface area contributed by atoms with Gasteiger partial charge in [0.2, 0.25) is 0 Å². The summed E-state index contributed by atoms with van der Waals surface area (Å²) in [4.78, 5) is 2.55. The van der Waals surface area contributed by atoms with Gasteiger partial charge in [-0.1, -0.05) is 13.8 Å². The van der Waals surface area contributed by atoms with E-state index in [1.807, 2.05) is 10.9 Å². The van der Waals surface area contributed by atoms with Crippen molar-refractivity contribution in [3.05, 3.63) is 18.0 Å². The molecule has 0 radical (unpaired) electrons. The molecular formula is C15H28N4. The molecule has 0 spiro atoms. The molecule has 1 aromatic heterocycles. The van der Waals surface area contributed by atoms with Crippen molar-refractivity contribution >= 4 is 0 Å². The third-order valence-corrected chi connectivity index (χ3v) is 4.40. The maximum absolute atomic E-state index is 6.03. The van der Waals surface area contributed by atoms with Crippen molar-refractivity contribution in [2.45, 2.75) is 52.6 Å². The summed E-state index contributed by atoms with van der Waals surface area (Å²) in [6, 6.07) is 0.328. The van der Waals surface area contributed by atoms with Gasteiger partial charge in [-0.05, 0) is 44.7 Å². The second kappa shape index (κ2) is 6.06. The zero-order valence-electron chi connectivity index (χ0n) is 12.6. The topological polar surface area (TPSA) is 47.1 Å². The highest BCUT2D eigenvalue weighted by molar-refractivity contribution is 5.11. The van der Waals surface area contributed by atoms with Crippen LogP contribution < -0.4 is 5.73 Å². The van der Waals surface area contributed by atoms with E-state index >= 15 is 0 Å². The molecule has 108 valence electrons. The van der Waals surface area contributed by atoms with E-state index in [9.17, 15) is 0 Å². The molecule has 0 bridgehead atoms. The molecule has 1 atom stereocenters. The maximum Gasteiger partial charge on any atom is 0.0538 e. The van der Waals surface area contributed by atoms with Crippen molar-refractivity contribution in [2.75, 3.05) is 19.6 Å². The zero-order chi connectivity index (χ0) is 13.9. The molecular weight excluding hydrogens is 236 g/mol. The second-order valence-corrected chi connectivity index (χ2v) is 6.43. The molecule has 2 N–H and O–H groups in total. The SMILES string of the molecule is CCn1cc(C(CN)N2CCCC(C)(C)CC2)cn1. The number of hydrogen-bond donors (Lipinski definition) is 1. The highest BCUT2D eigenvalue weighted by Crippen LogP contribution is 2.32. The van der Waals surface area contributed by atoms with Crippen LogP contribution in [0.1, 0.15) is 51.6 Å². The fraction of sp³-hybridized carbons (Fsp3) is 0.800. The lowest BCUT2D eigenvalue weighted by molar-refractivity contribution is 0.200. The molecule has 1 saturated heterocycles. The molecule has 1 aliphatic rings. The number of aromatic nitrogens is 2. The van der Waals surface area contributed by atoms with Crippen LogP contribution in [0.25, 0.3) is 0 Å². The Balaban J connectivity index is 2.08. The highest BCUT2D eigenvalue weighted by Gasteiger charge is 2.27. The molecule has 2 rings (SSSR count). The minimum atomic E-state index is 0.328. The fourth-order valence-corrected chi connectivity index (χ4v) is 2.98. The van der Waals surface area contributed by atoms with Gasteiger partial charge in [0.1, 0.15) is 0 Å². The van der Waals surface area contributed by atoms with Crippen molar-refractivity contribution in [3.8, 4) is 0 Å². The molecule has 0 aliphatic carbocycles. The van der Waals surface area contributed by atoms with Gasteiger partial charge in [0.15, 0.2) is 0 Å². The first-order valence-electron chi connectivity index (χ1n) is 7.52. The molecule has 2 heterocycles. The summed E-state index contributed by atoms with van der Waals surface area (Å²) in [7, 11) is 0. The maximum atomic E-state index is 6.03. The van der Waals surface area contributed by atoms with Crippen LogP contribution in [0.5, 0.6) is 0 Å². The lowest BCUT2D eigenvalue weighted by Crippen LogP contribution is -2.34. The third kappa shape index (κ3) is 3.57. The van der Waals surface area contributed by atoms with E-state index in [1.54, 1.807) is 0 Å². The molecule has 0 aromatic carbocycles. The normalized spacial score (nSPS) is 22.1. The van der Waals surface area contributed by atoms with Gasteiger partial charge in [0, 0.05) is 24.8 Å². The molecule has 19 heavy (non-hydrogen) atoms. The van der Waals surface area contributed by atoms with Crippen molar-refractivity contribution in [2.24, 2.45) is 11.1 Å². The van der Waals surface area contributed by atoms with Gasteiger partial charge >= 0.3 is 0 Å². The summed E-state index contributed by atoms with van der Waals surface area (Å²) in [6.45, 7) is 10.8. The molecule has 1 fully saturated rings. The van der Waals surface area contributed by atoms with Gasteiger partial charge in [0.05, 0.1) is 12.2 Å². The predicted molar refractivity (Wildman–Crippen MR) is 78.9 cm³/mol. The number of aryl methyl sites for hydroxylation is 1.